The quantitative estimate of drug-likeness (QED) is 0.576. The first-order valence-electron chi connectivity index (χ1n) is 9.90. The van der Waals surface area contributed by atoms with Crippen molar-refractivity contribution in [2.45, 2.75) is 39.4 Å². The predicted octanol–water partition coefficient (Wildman–Crippen LogP) is 2.35. The lowest BCUT2D eigenvalue weighted by Gasteiger charge is -2.36. The number of nitrogens with one attached hydrogen (secondary N) is 1. The number of amidine groups is 2. The van der Waals surface area contributed by atoms with Crippen LogP contribution in [0.25, 0.3) is 0 Å². The zero-order valence-electron chi connectivity index (χ0n) is 17.5. The van der Waals surface area contributed by atoms with Crippen LogP contribution in [-0.2, 0) is 6.42 Å². The van der Waals surface area contributed by atoms with Crippen molar-refractivity contribution in [2.75, 3.05) is 13.1 Å². The zero-order chi connectivity index (χ0) is 23.4. The lowest BCUT2D eigenvalue weighted by atomic mass is 10.0. The number of carbonyl (C=O) groups is 1. The van der Waals surface area contributed by atoms with Crippen LogP contribution in [0.2, 0.25) is 0 Å². The van der Waals surface area contributed by atoms with E-state index < -0.39 is 29.8 Å². The van der Waals surface area contributed by atoms with E-state index in [1.165, 1.54) is 23.1 Å². The number of rotatable bonds is 3. The lowest BCUT2D eigenvalue weighted by molar-refractivity contribution is -0.482. The molecule has 3 heterocycles. The number of halogens is 4. The number of fused-ring (bicyclic) bond motifs is 1. The van der Waals surface area contributed by atoms with Crippen LogP contribution in [0.5, 0.6) is 0 Å². The molecule has 168 valence electrons. The van der Waals surface area contributed by atoms with E-state index in [0.29, 0.717) is 22.4 Å². The summed E-state index contributed by atoms with van der Waals surface area (Å²) in [5, 5.41) is 6.45. The Labute approximate surface area is 180 Å². The molecule has 0 radical (unpaired) electrons. The highest BCUT2D eigenvalue weighted by molar-refractivity contribution is 6.06. The highest BCUT2D eigenvalue weighted by Crippen LogP contribution is 2.27. The first kappa shape index (κ1) is 21.8. The van der Waals surface area contributed by atoms with Gasteiger partial charge in [-0.15, -0.1) is 0 Å². The number of carbonyl (C=O) groups excluding carboxylic acids is 1. The molecule has 4 rings (SSSR count). The Hall–Kier alpha value is -3.37. The molecular formula is C21H20F4N5O2+. The van der Waals surface area contributed by atoms with Gasteiger partial charge in [0.1, 0.15) is 12.4 Å². The van der Waals surface area contributed by atoms with E-state index in [9.17, 15) is 27.2 Å². The smallest absolute Gasteiger partial charge is 0.324 e. The van der Waals surface area contributed by atoms with Gasteiger partial charge >= 0.3 is 12.0 Å². The number of aromatic nitrogens is 2. The maximum Gasteiger partial charge on any atom is 0.482 e. The number of aliphatic imine (C=N–C) groups is 1. The van der Waals surface area contributed by atoms with Gasteiger partial charge in [0, 0.05) is 12.0 Å². The number of H-pyrrole nitrogens is 1. The van der Waals surface area contributed by atoms with E-state index >= 15 is 0 Å². The highest BCUT2D eigenvalue weighted by Gasteiger charge is 2.53. The molecule has 2 aliphatic heterocycles. The number of benzene rings is 1. The Kier molecular flexibility index (Phi) is 5.22. The van der Waals surface area contributed by atoms with Crippen molar-refractivity contribution < 1.29 is 26.9 Å². The van der Waals surface area contributed by atoms with Crippen LogP contribution in [0.15, 0.2) is 28.0 Å². The number of hydrogen-bond acceptors (Lipinski definition) is 4. The summed E-state index contributed by atoms with van der Waals surface area (Å²) in [4.78, 5) is 29.5. The van der Waals surface area contributed by atoms with Gasteiger partial charge in [-0.25, -0.2) is 14.1 Å². The van der Waals surface area contributed by atoms with Crippen molar-refractivity contribution in [3.8, 4) is 0 Å². The summed E-state index contributed by atoms with van der Waals surface area (Å²) >= 11 is 0. The highest BCUT2D eigenvalue weighted by atomic mass is 19.4. The first-order valence-corrected chi connectivity index (χ1v) is 9.90. The maximum atomic E-state index is 14.5. The minimum absolute atomic E-state index is 0.000874. The van der Waals surface area contributed by atoms with Crippen LogP contribution in [-0.4, -0.2) is 62.6 Å². The second-order valence-electron chi connectivity index (χ2n) is 7.99. The minimum Gasteiger partial charge on any atom is -0.324 e. The SMILES string of the molecule is Cc1c(Cc2ccc(F)c(C(=O)N3CC4=NC(C(F)(F)F)=[N+]4C(C)C3)c2)n[nH]c(=O)c1C. The molecule has 2 aromatic rings. The van der Waals surface area contributed by atoms with Crippen LogP contribution in [0.4, 0.5) is 17.6 Å². The molecular weight excluding hydrogens is 430 g/mol. The van der Waals surface area contributed by atoms with Gasteiger partial charge in [0.25, 0.3) is 17.3 Å². The first-order chi connectivity index (χ1) is 15.0. The Morgan fingerprint density at radius 1 is 1.28 bits per heavy atom. The van der Waals surface area contributed by atoms with Gasteiger partial charge in [-0.3, -0.25) is 9.59 Å². The molecule has 11 heteroatoms. The molecule has 32 heavy (non-hydrogen) atoms. The fraction of sp³-hybridized carbons (Fsp3) is 0.381. The van der Waals surface area contributed by atoms with Crippen molar-refractivity contribution in [1.29, 1.82) is 0 Å². The van der Waals surface area contributed by atoms with E-state index in [4.69, 9.17) is 0 Å². The zero-order valence-corrected chi connectivity index (χ0v) is 17.5. The summed E-state index contributed by atoms with van der Waals surface area (Å²) in [5.74, 6) is -2.19. The molecule has 7 nitrogen and oxygen atoms in total. The van der Waals surface area contributed by atoms with E-state index in [0.717, 1.165) is 4.58 Å². The van der Waals surface area contributed by atoms with Gasteiger partial charge in [-0.05, 0) is 44.0 Å². The summed E-state index contributed by atoms with van der Waals surface area (Å²) in [7, 11) is 0. The Morgan fingerprint density at radius 2 is 2.00 bits per heavy atom. The molecule has 1 aromatic carbocycles. The number of piperazine rings is 1. The van der Waals surface area contributed by atoms with Crippen LogP contribution in [0, 0.1) is 19.7 Å². The fourth-order valence-corrected chi connectivity index (χ4v) is 3.93. The molecule has 1 amide bonds. The molecule has 2 aliphatic rings. The lowest BCUT2D eigenvalue weighted by Crippen LogP contribution is -2.60. The normalized spacial score (nSPS) is 18.3. The van der Waals surface area contributed by atoms with Crippen molar-refractivity contribution in [1.82, 2.24) is 15.1 Å². The third-order valence-corrected chi connectivity index (χ3v) is 5.80. The summed E-state index contributed by atoms with van der Waals surface area (Å²) in [6.45, 7) is 4.85. The third kappa shape index (κ3) is 3.71. The summed E-state index contributed by atoms with van der Waals surface area (Å²) in [6.07, 6.45) is -4.29. The van der Waals surface area contributed by atoms with Crippen LogP contribution < -0.4 is 5.56 Å². The summed E-state index contributed by atoms with van der Waals surface area (Å²) < 4.78 is 54.5. The average Bonchev–Trinajstić information content (AvgIpc) is 2.69. The van der Waals surface area contributed by atoms with E-state index in [-0.39, 0.29) is 36.5 Å². The molecule has 1 fully saturated rings. The maximum absolute atomic E-state index is 14.5. The van der Waals surface area contributed by atoms with Gasteiger partial charge < -0.3 is 4.90 Å². The molecule has 1 N–H and O–H groups in total. The molecule has 1 unspecified atom stereocenters. The second kappa shape index (κ2) is 7.64. The van der Waals surface area contributed by atoms with Gasteiger partial charge in [0.05, 0.1) is 23.8 Å². The number of hydrogen-bond donors (Lipinski definition) is 1. The molecule has 1 saturated heterocycles. The van der Waals surface area contributed by atoms with Crippen LogP contribution in [0.1, 0.15) is 39.7 Å². The average molecular weight is 450 g/mol. The van der Waals surface area contributed by atoms with Crippen molar-refractivity contribution in [3.05, 3.63) is 62.3 Å². The van der Waals surface area contributed by atoms with Crippen LogP contribution in [0.3, 0.4) is 0 Å². The van der Waals surface area contributed by atoms with Gasteiger partial charge in [-0.1, -0.05) is 11.1 Å². The monoisotopic (exact) mass is 450 g/mol. The molecule has 1 aromatic heterocycles. The molecule has 0 spiro atoms. The molecule has 0 bridgehead atoms. The largest absolute Gasteiger partial charge is 0.482 e. The molecule has 0 aliphatic carbocycles. The Balaban J connectivity index is 1.57. The Morgan fingerprint density at radius 3 is 2.66 bits per heavy atom. The third-order valence-electron chi connectivity index (χ3n) is 5.80. The van der Waals surface area contributed by atoms with Crippen molar-refractivity contribution >= 4 is 17.6 Å². The second-order valence-corrected chi connectivity index (χ2v) is 7.99. The molecule has 0 saturated carbocycles. The van der Waals surface area contributed by atoms with Gasteiger partial charge in [-0.2, -0.15) is 18.3 Å². The standard InChI is InChI=1S/C21H19F4N5O2/c1-10-8-29(9-17-26-20(30(10)17)21(23,24)25)19(32)14-6-13(4-5-15(14)22)7-16-11(2)12(3)18(31)28-27-16/h4-6,10H,7-9H2,1-3H3/p+1. The minimum atomic E-state index is -4.56. The Bertz CT molecular complexity index is 1250. The number of nitrogens with zero attached hydrogens (tertiary/aromatic N) is 4. The summed E-state index contributed by atoms with van der Waals surface area (Å²) in [5.41, 5.74) is 1.96. The van der Waals surface area contributed by atoms with Gasteiger partial charge in [0.2, 0.25) is 0 Å². The molecule has 1 atom stereocenters. The fourth-order valence-electron chi connectivity index (χ4n) is 3.93. The number of amides is 1. The predicted molar refractivity (Wildman–Crippen MR) is 108 cm³/mol. The number of aromatic amines is 1. The van der Waals surface area contributed by atoms with Gasteiger partial charge in [0.15, 0.2) is 0 Å². The van der Waals surface area contributed by atoms with Crippen molar-refractivity contribution in [2.24, 2.45) is 4.99 Å². The summed E-state index contributed by atoms with van der Waals surface area (Å²) in [6, 6.07) is 3.46. The number of alkyl halides is 3. The van der Waals surface area contributed by atoms with Crippen LogP contribution >= 0.6 is 0 Å². The van der Waals surface area contributed by atoms with Crippen molar-refractivity contribution in [3.63, 3.8) is 0 Å². The van der Waals surface area contributed by atoms with E-state index in [1.807, 2.05) is 0 Å². The topological polar surface area (TPSA) is 81.4 Å². The van der Waals surface area contributed by atoms with E-state index in [2.05, 4.69) is 15.2 Å². The van der Waals surface area contributed by atoms with E-state index in [1.54, 1.807) is 20.8 Å².